The van der Waals surface area contributed by atoms with Crippen LogP contribution in [0.15, 0.2) is 48.5 Å². The van der Waals surface area contributed by atoms with Crippen molar-refractivity contribution >= 4 is 0 Å². The smallest absolute Gasteiger partial charge is 0.130 e. The summed E-state index contributed by atoms with van der Waals surface area (Å²) >= 11 is 0. The van der Waals surface area contributed by atoms with Crippen LogP contribution in [0.5, 0.6) is 5.75 Å². The Bertz CT molecular complexity index is 606. The summed E-state index contributed by atoms with van der Waals surface area (Å²) in [6, 6.07) is 14.8. The van der Waals surface area contributed by atoms with E-state index < -0.39 is 0 Å². The zero-order valence-corrected chi connectivity index (χ0v) is 12.0. The number of benzene rings is 2. The number of hydrogen-bond acceptors (Lipinski definition) is 2. The van der Waals surface area contributed by atoms with E-state index >= 15 is 0 Å². The van der Waals surface area contributed by atoms with Crippen LogP contribution in [0.3, 0.4) is 0 Å². The molecular weight excluding hydrogens is 267 g/mol. The minimum Gasteiger partial charge on any atom is -0.486 e. The molecule has 3 heteroatoms. The largest absolute Gasteiger partial charge is 0.486 e. The molecular formula is C18H19FO2. The molecule has 0 spiro atoms. The summed E-state index contributed by atoms with van der Waals surface area (Å²) in [5, 5.41) is 9.46. The zero-order chi connectivity index (χ0) is 14.8. The van der Waals surface area contributed by atoms with Gasteiger partial charge in [0.05, 0.1) is 6.10 Å². The highest BCUT2D eigenvalue weighted by molar-refractivity contribution is 5.39. The van der Waals surface area contributed by atoms with Gasteiger partial charge in [-0.3, -0.25) is 0 Å². The minimum atomic E-state index is -0.311. The second-order valence-corrected chi connectivity index (χ2v) is 5.64. The van der Waals surface area contributed by atoms with Crippen LogP contribution < -0.4 is 4.74 Å². The first-order valence-corrected chi connectivity index (χ1v) is 7.33. The molecule has 2 nitrogen and oxygen atoms in total. The van der Waals surface area contributed by atoms with Gasteiger partial charge < -0.3 is 9.84 Å². The van der Waals surface area contributed by atoms with E-state index in [0.29, 0.717) is 24.2 Å². The van der Waals surface area contributed by atoms with Crippen LogP contribution in [0.4, 0.5) is 4.39 Å². The molecule has 0 radical (unpaired) electrons. The number of hydrogen-bond donors (Lipinski definition) is 1. The highest BCUT2D eigenvalue weighted by atomic mass is 19.1. The van der Waals surface area contributed by atoms with Gasteiger partial charge in [-0.25, -0.2) is 4.39 Å². The second kappa shape index (κ2) is 5.86. The van der Waals surface area contributed by atoms with Gasteiger partial charge in [0.25, 0.3) is 0 Å². The number of halogens is 1. The van der Waals surface area contributed by atoms with Crippen molar-refractivity contribution in [3.63, 3.8) is 0 Å². The highest BCUT2D eigenvalue weighted by Crippen LogP contribution is 2.43. The molecule has 1 aliphatic rings. The molecule has 0 saturated heterocycles. The van der Waals surface area contributed by atoms with E-state index in [1.807, 2.05) is 43.3 Å². The van der Waals surface area contributed by atoms with Crippen molar-refractivity contribution in [3.8, 4) is 5.75 Å². The lowest BCUT2D eigenvalue weighted by molar-refractivity contribution is 0.0715. The van der Waals surface area contributed by atoms with Crippen LogP contribution in [-0.2, 0) is 0 Å². The van der Waals surface area contributed by atoms with Crippen LogP contribution in [-0.4, -0.2) is 11.2 Å². The van der Waals surface area contributed by atoms with Gasteiger partial charge in [-0.2, -0.15) is 0 Å². The molecule has 3 rings (SSSR count). The third-order valence-corrected chi connectivity index (χ3v) is 4.11. The monoisotopic (exact) mass is 286 g/mol. The maximum atomic E-state index is 14.1. The van der Waals surface area contributed by atoms with Crippen LogP contribution >= 0.6 is 0 Å². The molecule has 0 aliphatic heterocycles. The first-order valence-electron chi connectivity index (χ1n) is 7.33. The summed E-state index contributed by atoms with van der Waals surface area (Å²) in [7, 11) is 0. The first kappa shape index (κ1) is 14.1. The Morgan fingerprint density at radius 2 is 1.81 bits per heavy atom. The predicted molar refractivity (Wildman–Crippen MR) is 79.9 cm³/mol. The third-order valence-electron chi connectivity index (χ3n) is 4.11. The van der Waals surface area contributed by atoms with Crippen LogP contribution in [0.2, 0.25) is 0 Å². The number of aliphatic hydroxyl groups excluding tert-OH is 1. The Morgan fingerprint density at radius 3 is 2.48 bits per heavy atom. The molecule has 0 aromatic heterocycles. The Labute approximate surface area is 124 Å². The molecule has 0 amide bonds. The van der Waals surface area contributed by atoms with Crippen molar-refractivity contribution in [3.05, 3.63) is 65.5 Å². The molecule has 110 valence electrons. The van der Waals surface area contributed by atoms with E-state index in [-0.39, 0.29) is 23.9 Å². The average Bonchev–Trinajstić information content (AvgIpc) is 2.46. The lowest BCUT2D eigenvalue weighted by Gasteiger charge is -2.33. The lowest BCUT2D eigenvalue weighted by Crippen LogP contribution is -2.27. The SMILES string of the molecule is CC(Oc1cccc(F)c1C1CC(O)C1)c1ccccc1. The normalized spacial score (nSPS) is 22.4. The van der Waals surface area contributed by atoms with Gasteiger partial charge in [-0.05, 0) is 43.4 Å². The van der Waals surface area contributed by atoms with Crippen molar-refractivity contribution in [2.24, 2.45) is 0 Å². The average molecular weight is 286 g/mol. The van der Waals surface area contributed by atoms with Crippen molar-refractivity contribution in [2.45, 2.75) is 37.9 Å². The van der Waals surface area contributed by atoms with E-state index in [9.17, 15) is 9.50 Å². The minimum absolute atomic E-state index is 0.0548. The Kier molecular flexibility index (Phi) is 3.93. The van der Waals surface area contributed by atoms with Crippen molar-refractivity contribution in [1.82, 2.24) is 0 Å². The zero-order valence-electron chi connectivity index (χ0n) is 12.0. The number of aliphatic hydroxyl groups is 1. The number of ether oxygens (including phenoxy) is 1. The number of rotatable bonds is 4. The molecule has 21 heavy (non-hydrogen) atoms. The predicted octanol–water partition coefficient (Wildman–Crippen LogP) is 4.20. The van der Waals surface area contributed by atoms with E-state index in [2.05, 4.69) is 0 Å². The summed E-state index contributed by atoms with van der Waals surface area (Å²) in [5.41, 5.74) is 1.66. The molecule has 1 fully saturated rings. The van der Waals surface area contributed by atoms with Crippen LogP contribution in [0, 0.1) is 5.82 Å². The van der Waals surface area contributed by atoms with Crippen molar-refractivity contribution in [2.75, 3.05) is 0 Å². The molecule has 2 aromatic carbocycles. The fourth-order valence-corrected chi connectivity index (χ4v) is 2.82. The molecule has 1 N–H and O–H groups in total. The third kappa shape index (κ3) is 2.93. The molecule has 0 bridgehead atoms. The van der Waals surface area contributed by atoms with E-state index in [4.69, 9.17) is 4.74 Å². The fourth-order valence-electron chi connectivity index (χ4n) is 2.82. The van der Waals surface area contributed by atoms with Gasteiger partial charge in [-0.1, -0.05) is 36.4 Å². The molecule has 1 atom stereocenters. The van der Waals surface area contributed by atoms with Crippen LogP contribution in [0.1, 0.15) is 42.9 Å². The summed E-state index contributed by atoms with van der Waals surface area (Å²) in [6.45, 7) is 1.96. The van der Waals surface area contributed by atoms with E-state index in [1.54, 1.807) is 6.07 Å². The molecule has 0 heterocycles. The molecule has 1 aliphatic carbocycles. The molecule has 1 saturated carbocycles. The van der Waals surface area contributed by atoms with Gasteiger partial charge >= 0.3 is 0 Å². The van der Waals surface area contributed by atoms with Gasteiger partial charge in [0, 0.05) is 5.56 Å². The van der Waals surface area contributed by atoms with Crippen molar-refractivity contribution in [1.29, 1.82) is 0 Å². The Balaban J connectivity index is 1.84. The summed E-state index contributed by atoms with van der Waals surface area (Å²) in [4.78, 5) is 0. The summed E-state index contributed by atoms with van der Waals surface area (Å²) in [6.07, 6.45) is 0.763. The topological polar surface area (TPSA) is 29.5 Å². The second-order valence-electron chi connectivity index (χ2n) is 5.64. The Morgan fingerprint density at radius 1 is 1.10 bits per heavy atom. The maximum Gasteiger partial charge on any atom is 0.130 e. The summed E-state index contributed by atoms with van der Waals surface area (Å²) in [5.74, 6) is 0.395. The quantitative estimate of drug-likeness (QED) is 0.912. The van der Waals surface area contributed by atoms with E-state index in [0.717, 1.165) is 5.56 Å². The maximum absolute atomic E-state index is 14.1. The molecule has 1 unspecified atom stereocenters. The van der Waals surface area contributed by atoms with Crippen molar-refractivity contribution < 1.29 is 14.2 Å². The highest BCUT2D eigenvalue weighted by Gasteiger charge is 2.33. The standard InChI is InChI=1S/C18H19FO2/c1-12(13-6-3-2-4-7-13)21-17-9-5-8-16(19)18(17)14-10-15(20)11-14/h2-9,12,14-15,20H,10-11H2,1H3. The Hall–Kier alpha value is -1.87. The molecule has 2 aromatic rings. The first-order chi connectivity index (χ1) is 10.1. The fraction of sp³-hybridized carbons (Fsp3) is 0.333. The lowest BCUT2D eigenvalue weighted by atomic mass is 9.77. The van der Waals surface area contributed by atoms with Gasteiger partial charge in [0.2, 0.25) is 0 Å². The van der Waals surface area contributed by atoms with E-state index in [1.165, 1.54) is 6.07 Å². The van der Waals surface area contributed by atoms with Gasteiger partial charge in [0.1, 0.15) is 17.7 Å². The summed E-state index contributed by atoms with van der Waals surface area (Å²) < 4.78 is 20.1. The van der Waals surface area contributed by atoms with Gasteiger partial charge in [0.15, 0.2) is 0 Å². The van der Waals surface area contributed by atoms with Gasteiger partial charge in [-0.15, -0.1) is 0 Å². The van der Waals surface area contributed by atoms with Crippen LogP contribution in [0.25, 0.3) is 0 Å².